The normalized spacial score (nSPS) is 24.5. The quantitative estimate of drug-likeness (QED) is 0.703. The van der Waals surface area contributed by atoms with Gasteiger partial charge in [-0.1, -0.05) is 0 Å². The first-order valence-electron chi connectivity index (χ1n) is 7.58. The Balaban J connectivity index is 1.65. The van der Waals surface area contributed by atoms with E-state index in [0.717, 1.165) is 26.1 Å². The van der Waals surface area contributed by atoms with E-state index in [4.69, 9.17) is 6.42 Å². The van der Waals surface area contributed by atoms with E-state index in [1.807, 2.05) is 0 Å². The summed E-state index contributed by atoms with van der Waals surface area (Å²) in [4.78, 5) is 16.6. The highest BCUT2D eigenvalue weighted by Gasteiger charge is 2.39. The predicted molar refractivity (Wildman–Crippen MR) is 81.8 cm³/mol. The molecule has 21 heavy (non-hydrogen) atoms. The SMILES string of the molecule is C#CCCC1(CCC(=O)NCC2CN(C)CCN2C)N=N1. The third-order valence-electron chi connectivity index (χ3n) is 4.32. The van der Waals surface area contributed by atoms with E-state index >= 15 is 0 Å². The van der Waals surface area contributed by atoms with Crippen LogP contribution in [0.5, 0.6) is 0 Å². The monoisotopic (exact) mass is 291 g/mol. The second-order valence-corrected chi connectivity index (χ2v) is 6.09. The molecule has 0 aromatic rings. The van der Waals surface area contributed by atoms with Gasteiger partial charge in [0.25, 0.3) is 0 Å². The van der Waals surface area contributed by atoms with Crippen LogP contribution in [0.2, 0.25) is 0 Å². The van der Waals surface area contributed by atoms with Crippen LogP contribution >= 0.6 is 0 Å². The summed E-state index contributed by atoms with van der Waals surface area (Å²) < 4.78 is 0. The van der Waals surface area contributed by atoms with Crippen molar-refractivity contribution in [3.05, 3.63) is 0 Å². The van der Waals surface area contributed by atoms with Gasteiger partial charge in [0.2, 0.25) is 5.91 Å². The van der Waals surface area contributed by atoms with Gasteiger partial charge in [0.1, 0.15) is 0 Å². The second-order valence-electron chi connectivity index (χ2n) is 6.09. The summed E-state index contributed by atoms with van der Waals surface area (Å²) in [5.41, 5.74) is -0.356. The maximum atomic E-state index is 12.0. The molecule has 1 fully saturated rings. The van der Waals surface area contributed by atoms with Crippen molar-refractivity contribution in [1.29, 1.82) is 0 Å². The zero-order valence-electron chi connectivity index (χ0n) is 13.0. The lowest BCUT2D eigenvalue weighted by atomic mass is 10.0. The van der Waals surface area contributed by atoms with Crippen LogP contribution in [0, 0.1) is 12.3 Å². The summed E-state index contributed by atoms with van der Waals surface area (Å²) in [6.07, 6.45) is 7.80. The van der Waals surface area contributed by atoms with Crippen molar-refractivity contribution in [3.63, 3.8) is 0 Å². The molecule has 0 aliphatic carbocycles. The first-order valence-corrected chi connectivity index (χ1v) is 7.58. The van der Waals surface area contributed by atoms with Gasteiger partial charge in [0.05, 0.1) is 0 Å². The molecule has 0 radical (unpaired) electrons. The lowest BCUT2D eigenvalue weighted by molar-refractivity contribution is -0.121. The number of carbonyl (C=O) groups excluding carboxylic acids is 1. The maximum Gasteiger partial charge on any atom is 0.220 e. The van der Waals surface area contributed by atoms with Gasteiger partial charge in [-0.25, -0.2) is 0 Å². The average Bonchev–Trinajstić information content (AvgIpc) is 3.24. The van der Waals surface area contributed by atoms with Crippen molar-refractivity contribution >= 4 is 5.91 Å². The van der Waals surface area contributed by atoms with Gasteiger partial charge in [0, 0.05) is 57.9 Å². The molecule has 1 unspecified atom stereocenters. The van der Waals surface area contributed by atoms with E-state index < -0.39 is 0 Å². The van der Waals surface area contributed by atoms with E-state index in [1.54, 1.807) is 0 Å². The van der Waals surface area contributed by atoms with Gasteiger partial charge < -0.3 is 10.2 Å². The van der Waals surface area contributed by atoms with Gasteiger partial charge in [0.15, 0.2) is 5.66 Å². The van der Waals surface area contributed by atoms with E-state index in [9.17, 15) is 4.79 Å². The number of carbonyl (C=O) groups is 1. The molecule has 0 spiro atoms. The standard InChI is InChI=1S/C15H25N5O/c1-4-5-7-15(17-18-15)8-6-14(21)16-11-13-12-19(2)9-10-20(13)3/h1,13H,5-12H2,2-3H3,(H,16,21). The number of nitrogens with one attached hydrogen (secondary N) is 1. The molecule has 2 aliphatic heterocycles. The van der Waals surface area contributed by atoms with Crippen LogP contribution in [0.3, 0.4) is 0 Å². The molecule has 0 bridgehead atoms. The summed E-state index contributed by atoms with van der Waals surface area (Å²) in [5.74, 6) is 2.68. The fraction of sp³-hybridized carbons (Fsp3) is 0.800. The highest BCUT2D eigenvalue weighted by Crippen LogP contribution is 2.37. The van der Waals surface area contributed by atoms with Crippen molar-refractivity contribution in [2.24, 2.45) is 10.2 Å². The smallest absolute Gasteiger partial charge is 0.220 e. The number of hydrogen-bond acceptors (Lipinski definition) is 5. The number of amides is 1. The molecule has 0 aromatic carbocycles. The van der Waals surface area contributed by atoms with Crippen LogP contribution in [0.1, 0.15) is 25.7 Å². The van der Waals surface area contributed by atoms with Crippen molar-refractivity contribution in [2.75, 3.05) is 40.3 Å². The highest BCUT2D eigenvalue weighted by atomic mass is 16.1. The Morgan fingerprint density at radius 2 is 2.14 bits per heavy atom. The van der Waals surface area contributed by atoms with Gasteiger partial charge in [-0.15, -0.1) is 12.3 Å². The minimum absolute atomic E-state index is 0.0778. The molecule has 1 saturated heterocycles. The van der Waals surface area contributed by atoms with Gasteiger partial charge >= 0.3 is 0 Å². The zero-order valence-corrected chi connectivity index (χ0v) is 13.0. The third-order valence-corrected chi connectivity index (χ3v) is 4.32. The average molecular weight is 291 g/mol. The van der Waals surface area contributed by atoms with Gasteiger partial charge in [-0.3, -0.25) is 9.69 Å². The first kappa shape index (κ1) is 15.9. The Morgan fingerprint density at radius 1 is 1.38 bits per heavy atom. The van der Waals surface area contributed by atoms with Crippen molar-refractivity contribution in [3.8, 4) is 12.3 Å². The third kappa shape index (κ3) is 4.80. The van der Waals surface area contributed by atoms with Crippen LogP contribution in [0.15, 0.2) is 10.2 Å². The second kappa shape index (κ2) is 7.01. The zero-order chi connectivity index (χ0) is 15.3. The Morgan fingerprint density at radius 3 is 2.81 bits per heavy atom. The summed E-state index contributed by atoms with van der Waals surface area (Å²) in [7, 11) is 4.23. The molecule has 0 aromatic heterocycles. The molecule has 2 heterocycles. The number of likely N-dealkylation sites (N-methyl/N-ethyl adjacent to an activating group) is 2. The van der Waals surface area contributed by atoms with Crippen LogP contribution in [0.4, 0.5) is 0 Å². The van der Waals surface area contributed by atoms with Crippen LogP contribution < -0.4 is 5.32 Å². The fourth-order valence-corrected chi connectivity index (χ4v) is 2.62. The van der Waals surface area contributed by atoms with Crippen LogP contribution in [-0.4, -0.2) is 67.7 Å². The summed E-state index contributed by atoms with van der Waals surface area (Å²) in [5, 5.41) is 11.1. The van der Waals surface area contributed by atoms with Gasteiger partial charge in [-0.05, 0) is 14.1 Å². The number of terminal acetylenes is 1. The Hall–Kier alpha value is -1.45. The van der Waals surface area contributed by atoms with E-state index in [2.05, 4.69) is 45.4 Å². The lowest BCUT2D eigenvalue weighted by Gasteiger charge is -2.37. The molecular formula is C15H25N5O. The molecule has 1 N–H and O–H groups in total. The molecule has 6 nitrogen and oxygen atoms in total. The summed E-state index contributed by atoms with van der Waals surface area (Å²) in [6, 6.07) is 0.387. The Labute approximate surface area is 127 Å². The van der Waals surface area contributed by atoms with Crippen LogP contribution in [0.25, 0.3) is 0 Å². The number of rotatable bonds is 7. The number of hydrogen-bond donors (Lipinski definition) is 1. The van der Waals surface area contributed by atoms with Crippen molar-refractivity contribution in [1.82, 2.24) is 15.1 Å². The highest BCUT2D eigenvalue weighted by molar-refractivity contribution is 5.76. The topological polar surface area (TPSA) is 60.3 Å². The maximum absolute atomic E-state index is 12.0. The molecule has 2 rings (SSSR count). The largest absolute Gasteiger partial charge is 0.354 e. The fourth-order valence-electron chi connectivity index (χ4n) is 2.62. The van der Waals surface area contributed by atoms with Crippen molar-refractivity contribution < 1.29 is 4.79 Å². The molecule has 0 saturated carbocycles. The molecule has 1 amide bonds. The summed E-state index contributed by atoms with van der Waals surface area (Å²) in [6.45, 7) is 3.82. The van der Waals surface area contributed by atoms with E-state index in [-0.39, 0.29) is 11.6 Å². The predicted octanol–water partition coefficient (Wildman–Crippen LogP) is 0.704. The van der Waals surface area contributed by atoms with Crippen molar-refractivity contribution in [2.45, 2.75) is 37.4 Å². The number of nitrogens with zero attached hydrogens (tertiary/aromatic N) is 4. The number of piperazine rings is 1. The molecule has 2 aliphatic rings. The minimum Gasteiger partial charge on any atom is -0.354 e. The Kier molecular flexibility index (Phi) is 5.32. The van der Waals surface area contributed by atoms with Gasteiger partial charge in [-0.2, -0.15) is 10.2 Å². The van der Waals surface area contributed by atoms with E-state index in [0.29, 0.717) is 31.8 Å². The van der Waals surface area contributed by atoms with Crippen LogP contribution in [-0.2, 0) is 4.79 Å². The molecule has 1 atom stereocenters. The Bertz CT molecular complexity index is 436. The summed E-state index contributed by atoms with van der Waals surface area (Å²) >= 11 is 0. The first-order chi connectivity index (χ1) is 10.0. The van der Waals surface area contributed by atoms with E-state index in [1.165, 1.54) is 0 Å². The molecule has 116 valence electrons. The molecule has 6 heteroatoms. The lowest BCUT2D eigenvalue weighted by Crippen LogP contribution is -2.54. The minimum atomic E-state index is -0.356. The molecular weight excluding hydrogens is 266 g/mol.